The summed E-state index contributed by atoms with van der Waals surface area (Å²) in [7, 11) is 0. The molecule has 0 amide bonds. The number of rotatable bonds is 2. The van der Waals surface area contributed by atoms with E-state index in [1.807, 2.05) is 36.4 Å². The second-order valence-corrected chi connectivity index (χ2v) is 7.27. The van der Waals surface area contributed by atoms with Crippen LogP contribution in [0.5, 0.6) is 0 Å². The molecule has 3 rings (SSSR count). The van der Waals surface area contributed by atoms with Crippen LogP contribution in [0.15, 0.2) is 57.8 Å². The summed E-state index contributed by atoms with van der Waals surface area (Å²) in [5.74, 6) is 0. The van der Waals surface area contributed by atoms with E-state index in [-0.39, 0.29) is 0 Å². The Hall–Kier alpha value is -0.940. The zero-order valence-corrected chi connectivity index (χ0v) is 12.9. The van der Waals surface area contributed by atoms with Gasteiger partial charge in [0.15, 0.2) is 4.34 Å². The number of halogens is 1. The highest BCUT2D eigenvalue weighted by atomic mass is 35.5. The van der Waals surface area contributed by atoms with E-state index in [9.17, 15) is 0 Å². The predicted molar refractivity (Wildman–Crippen MR) is 86.0 cm³/mol. The van der Waals surface area contributed by atoms with Crippen molar-refractivity contribution < 1.29 is 0 Å². The van der Waals surface area contributed by atoms with E-state index >= 15 is 0 Å². The van der Waals surface area contributed by atoms with Gasteiger partial charge in [0.2, 0.25) is 0 Å². The molecule has 2 aromatic carbocycles. The van der Waals surface area contributed by atoms with E-state index in [1.165, 1.54) is 11.3 Å². The summed E-state index contributed by atoms with van der Waals surface area (Å²) in [6.07, 6.45) is 0. The lowest BCUT2D eigenvalue weighted by molar-refractivity contribution is 1.27. The van der Waals surface area contributed by atoms with Gasteiger partial charge in [-0.3, -0.25) is 0 Å². The van der Waals surface area contributed by atoms with Crippen LogP contribution in [0.4, 0.5) is 0 Å². The Morgan fingerprint density at radius 3 is 2.68 bits per heavy atom. The zero-order chi connectivity index (χ0) is 13.2. The molecule has 0 unspecified atom stereocenters. The second-order valence-electron chi connectivity index (χ2n) is 3.84. The maximum absolute atomic E-state index is 5.99. The molecule has 0 fully saturated rings. The quantitative estimate of drug-likeness (QED) is 0.551. The Bertz CT molecular complexity index is 784. The molecule has 1 nitrogen and oxygen atoms in total. The molecular weight excluding hydrogens is 314 g/mol. The first-order chi connectivity index (χ1) is 9.22. The summed E-state index contributed by atoms with van der Waals surface area (Å²) in [5.41, 5.74) is 0.895. The highest BCUT2D eigenvalue weighted by molar-refractivity contribution is 8.01. The molecule has 0 saturated carbocycles. The van der Waals surface area contributed by atoms with Gasteiger partial charge in [0.25, 0.3) is 0 Å². The Balaban J connectivity index is 2.07. The van der Waals surface area contributed by atoms with Crippen molar-refractivity contribution in [3.8, 4) is 0 Å². The molecule has 19 heavy (non-hydrogen) atoms. The van der Waals surface area contributed by atoms with Crippen LogP contribution < -0.4 is 0 Å². The fourth-order valence-corrected chi connectivity index (χ4v) is 4.31. The van der Waals surface area contributed by atoms with Crippen LogP contribution in [0.1, 0.15) is 0 Å². The van der Waals surface area contributed by atoms with Gasteiger partial charge in [0.1, 0.15) is 3.82 Å². The molecule has 0 atom stereocenters. The van der Waals surface area contributed by atoms with Gasteiger partial charge in [-0.1, -0.05) is 65.1 Å². The van der Waals surface area contributed by atoms with Crippen LogP contribution in [0.25, 0.3) is 10.9 Å². The summed E-state index contributed by atoms with van der Waals surface area (Å²) in [5, 5.41) is 1.64. The van der Waals surface area contributed by atoms with E-state index in [4.69, 9.17) is 23.8 Å². The lowest BCUT2D eigenvalue weighted by Gasteiger charge is -2.02. The summed E-state index contributed by atoms with van der Waals surface area (Å²) in [4.78, 5) is 5.79. The molecule has 0 N–H and O–H groups in total. The molecule has 0 saturated heterocycles. The van der Waals surface area contributed by atoms with Crippen molar-refractivity contribution in [2.45, 2.75) is 9.24 Å². The van der Waals surface area contributed by atoms with Crippen molar-refractivity contribution in [3.63, 3.8) is 0 Å². The molecular formula is C14H8ClNS3. The molecule has 3 aromatic rings. The molecule has 0 aliphatic carbocycles. The molecule has 0 radical (unpaired) electrons. The molecule has 0 spiro atoms. The number of nitrogens with zero attached hydrogens (tertiary/aromatic N) is 1. The lowest BCUT2D eigenvalue weighted by atomic mass is 10.3. The first-order valence-corrected chi connectivity index (χ1v) is 7.97. The minimum Gasteiger partial charge on any atom is -0.230 e. The molecule has 0 bridgehead atoms. The van der Waals surface area contributed by atoms with Gasteiger partial charge in [-0.2, -0.15) is 0 Å². The average molecular weight is 322 g/mol. The van der Waals surface area contributed by atoms with Crippen LogP contribution in [0, 0.1) is 3.82 Å². The molecule has 1 heterocycles. The maximum Gasteiger partial charge on any atom is 0.156 e. The molecule has 0 aliphatic heterocycles. The van der Waals surface area contributed by atoms with Crippen molar-refractivity contribution in [1.82, 2.24) is 4.98 Å². The Morgan fingerprint density at radius 1 is 1.11 bits per heavy atom. The number of fused-ring (bicyclic) bond motifs is 1. The van der Waals surface area contributed by atoms with Crippen LogP contribution in [-0.4, -0.2) is 4.98 Å². The van der Waals surface area contributed by atoms with Gasteiger partial charge in [0, 0.05) is 15.3 Å². The lowest BCUT2D eigenvalue weighted by Crippen LogP contribution is -1.81. The molecule has 94 valence electrons. The van der Waals surface area contributed by atoms with Crippen molar-refractivity contribution in [1.29, 1.82) is 0 Å². The highest BCUT2D eigenvalue weighted by Gasteiger charge is 2.05. The van der Waals surface area contributed by atoms with Gasteiger partial charge in [-0.05, 0) is 30.3 Å². The van der Waals surface area contributed by atoms with Gasteiger partial charge >= 0.3 is 0 Å². The van der Waals surface area contributed by atoms with Gasteiger partial charge < -0.3 is 0 Å². The maximum atomic E-state index is 5.99. The first-order valence-electron chi connectivity index (χ1n) is 5.56. The SMILES string of the molecule is S=c1sc(Sc2ccccc2)nc2ccc(Cl)cc12. The minimum atomic E-state index is 0.691. The third kappa shape index (κ3) is 2.98. The number of hydrogen-bond donors (Lipinski definition) is 0. The Morgan fingerprint density at radius 2 is 1.89 bits per heavy atom. The highest BCUT2D eigenvalue weighted by Crippen LogP contribution is 2.32. The monoisotopic (exact) mass is 321 g/mol. The fourth-order valence-electron chi connectivity index (χ4n) is 1.66. The Kier molecular flexibility index (Phi) is 3.84. The second kappa shape index (κ2) is 5.59. The molecule has 5 heteroatoms. The van der Waals surface area contributed by atoms with Crippen LogP contribution in [0.3, 0.4) is 0 Å². The van der Waals surface area contributed by atoms with Gasteiger partial charge in [0.05, 0.1) is 5.52 Å². The predicted octanol–water partition coefficient (Wildman–Crippen LogP) is 5.83. The summed E-state index contributed by atoms with van der Waals surface area (Å²) in [6.45, 7) is 0. The van der Waals surface area contributed by atoms with Crippen molar-refractivity contribution >= 4 is 57.8 Å². The third-order valence-corrected chi connectivity index (χ3v) is 5.17. The first kappa shape index (κ1) is 13.1. The Labute approximate surface area is 129 Å². The van der Waals surface area contributed by atoms with Crippen molar-refractivity contribution in [2.75, 3.05) is 0 Å². The minimum absolute atomic E-state index is 0.691. The van der Waals surface area contributed by atoms with E-state index < -0.39 is 0 Å². The van der Waals surface area contributed by atoms with Crippen LogP contribution in [-0.2, 0) is 0 Å². The summed E-state index contributed by atoms with van der Waals surface area (Å²) in [6, 6.07) is 15.8. The fraction of sp³-hybridized carbons (Fsp3) is 0. The van der Waals surface area contributed by atoms with E-state index in [0.29, 0.717) is 5.02 Å². The smallest absolute Gasteiger partial charge is 0.156 e. The van der Waals surface area contributed by atoms with Crippen LogP contribution >= 0.6 is 46.9 Å². The van der Waals surface area contributed by atoms with E-state index in [0.717, 1.165) is 24.0 Å². The van der Waals surface area contributed by atoms with E-state index in [2.05, 4.69) is 17.1 Å². The van der Waals surface area contributed by atoms with Crippen LogP contribution in [0.2, 0.25) is 5.02 Å². The molecule has 0 aliphatic rings. The standard InChI is InChI=1S/C14H8ClNS3/c15-9-6-7-12-11(8-9)13(17)19-14(16-12)18-10-4-2-1-3-5-10/h1-8H. The summed E-state index contributed by atoms with van der Waals surface area (Å²) >= 11 is 14.6. The number of benzene rings is 2. The third-order valence-electron chi connectivity index (χ3n) is 2.52. The average Bonchev–Trinajstić information content (AvgIpc) is 2.41. The number of aromatic nitrogens is 1. The van der Waals surface area contributed by atoms with Gasteiger partial charge in [-0.15, -0.1) is 0 Å². The number of hydrogen-bond acceptors (Lipinski definition) is 4. The topological polar surface area (TPSA) is 12.9 Å². The van der Waals surface area contributed by atoms with Gasteiger partial charge in [-0.25, -0.2) is 4.98 Å². The van der Waals surface area contributed by atoms with Crippen molar-refractivity contribution in [2.24, 2.45) is 0 Å². The normalized spacial score (nSPS) is 10.8. The van der Waals surface area contributed by atoms with E-state index in [1.54, 1.807) is 11.8 Å². The van der Waals surface area contributed by atoms with Crippen molar-refractivity contribution in [3.05, 3.63) is 57.4 Å². The zero-order valence-electron chi connectivity index (χ0n) is 9.67. The molecule has 1 aromatic heterocycles. The largest absolute Gasteiger partial charge is 0.230 e. The summed E-state index contributed by atoms with van der Waals surface area (Å²) < 4.78 is 1.77.